The van der Waals surface area contributed by atoms with E-state index in [0.717, 1.165) is 19.6 Å². The number of hydrogen-bond acceptors (Lipinski definition) is 12. The second kappa shape index (κ2) is 20.6. The maximum absolute atomic E-state index is 14.7. The van der Waals surface area contributed by atoms with Crippen LogP contribution >= 0.6 is 27.0 Å². The zero-order valence-electron chi connectivity index (χ0n) is 35.7. The molecule has 1 aromatic heterocycles. The zero-order chi connectivity index (χ0) is 45.2. The summed E-state index contributed by atoms with van der Waals surface area (Å²) < 4.78 is 70.9. The molecule has 7 aromatic carbocycles. The van der Waals surface area contributed by atoms with Crippen LogP contribution in [0.3, 0.4) is 0 Å². The highest BCUT2D eigenvalue weighted by atomic mass is 32.1. The van der Waals surface area contributed by atoms with E-state index < -0.39 is 15.6 Å². The number of ketones is 1. The maximum Gasteiger partial charge on any atom is 0.647 e. The molecule has 14 heteroatoms. The Morgan fingerprint density at radius 2 is 0.909 bits per heavy atom. The molecule has 1 aliphatic rings. The molecule has 2 heterocycles. The minimum Gasteiger partial charge on any atom is -0.492 e. The van der Waals surface area contributed by atoms with E-state index in [4.69, 9.17) is 31.9 Å². The molecule has 0 radical (unpaired) electrons. The van der Waals surface area contributed by atoms with Gasteiger partial charge in [-0.05, 0) is 147 Å². The second-order valence-corrected chi connectivity index (χ2v) is 19.2. The summed E-state index contributed by atoms with van der Waals surface area (Å²) in [6, 6.07) is 53.7. The Morgan fingerprint density at radius 3 is 1.39 bits per heavy atom. The number of rotatable bonds is 19. The molecule has 0 spiro atoms. The molecule has 8 aromatic rings. The summed E-state index contributed by atoms with van der Waals surface area (Å²) in [5.41, 5.74) is 1.60. The number of piperidine rings is 1. The Hall–Kier alpha value is -6.81. The molecule has 0 saturated carbocycles. The molecule has 0 unspecified atom stereocenters. The van der Waals surface area contributed by atoms with Crippen molar-refractivity contribution in [2.75, 3.05) is 26.2 Å². The fourth-order valence-electron chi connectivity index (χ4n) is 7.36. The molecule has 1 fully saturated rings. The van der Waals surface area contributed by atoms with Crippen molar-refractivity contribution in [1.29, 1.82) is 0 Å². The van der Waals surface area contributed by atoms with Crippen LogP contribution in [-0.2, 0) is 9.13 Å². The predicted molar refractivity (Wildman–Crippen MR) is 258 cm³/mol. The van der Waals surface area contributed by atoms with E-state index in [1.807, 2.05) is 36.4 Å². The molecule has 9 rings (SSSR count). The minimum atomic E-state index is -4.32. The van der Waals surface area contributed by atoms with E-state index >= 15 is 0 Å². The van der Waals surface area contributed by atoms with Crippen molar-refractivity contribution in [3.05, 3.63) is 199 Å². The van der Waals surface area contributed by atoms with E-state index in [-0.39, 0.29) is 17.3 Å². The molecule has 0 bridgehead atoms. The lowest BCUT2D eigenvalue weighted by Crippen LogP contribution is -2.33. The van der Waals surface area contributed by atoms with Gasteiger partial charge in [0, 0.05) is 32.6 Å². The monoisotopic (exact) mass is 937 g/mol. The number of phosphoric acid groups is 2. The Balaban J connectivity index is 1.03. The summed E-state index contributed by atoms with van der Waals surface area (Å²) in [4.78, 5) is 17.8. The van der Waals surface area contributed by atoms with Crippen LogP contribution < -0.4 is 31.9 Å². The molecule has 0 aliphatic carbocycles. The highest BCUT2D eigenvalue weighted by Crippen LogP contribution is 2.52. The first-order valence-corrected chi connectivity index (χ1v) is 25.3. The number of para-hydroxylation sites is 4. The van der Waals surface area contributed by atoms with Crippen molar-refractivity contribution in [2.45, 2.75) is 19.3 Å². The van der Waals surface area contributed by atoms with Crippen LogP contribution in [0, 0.1) is 0 Å². The van der Waals surface area contributed by atoms with E-state index in [2.05, 4.69) is 4.90 Å². The van der Waals surface area contributed by atoms with Crippen LogP contribution in [0.4, 0.5) is 0 Å². The number of hydrogen-bond donors (Lipinski definition) is 0. The number of carbonyl (C=O) groups excluding carboxylic acids is 1. The Morgan fingerprint density at radius 1 is 0.485 bits per heavy atom. The van der Waals surface area contributed by atoms with Gasteiger partial charge in [0.15, 0.2) is 5.78 Å². The number of thiophene rings is 1. The third-order valence-corrected chi connectivity index (χ3v) is 14.3. The lowest BCUT2D eigenvalue weighted by Gasteiger charge is -2.26. The molecular weight excluding hydrogens is 893 g/mol. The van der Waals surface area contributed by atoms with Crippen LogP contribution in [-0.4, -0.2) is 36.9 Å². The normalized spacial score (nSPS) is 13.1. The van der Waals surface area contributed by atoms with Crippen molar-refractivity contribution in [3.8, 4) is 50.7 Å². The van der Waals surface area contributed by atoms with Gasteiger partial charge in [0.05, 0.1) is 0 Å². The van der Waals surface area contributed by atoms with Gasteiger partial charge in [-0.2, -0.15) is 9.13 Å². The number of ether oxygens (including phenoxy) is 1. The number of fused-ring (bicyclic) bond motifs is 1. The highest BCUT2D eigenvalue weighted by molar-refractivity contribution is 7.50. The van der Waals surface area contributed by atoms with Gasteiger partial charge in [-0.25, -0.2) is 0 Å². The average Bonchev–Trinajstić information content (AvgIpc) is 3.72. The lowest BCUT2D eigenvalue weighted by atomic mass is 9.97. The van der Waals surface area contributed by atoms with Crippen LogP contribution in [0.1, 0.15) is 35.2 Å². The van der Waals surface area contributed by atoms with Gasteiger partial charge in [0.25, 0.3) is 0 Å². The van der Waals surface area contributed by atoms with Gasteiger partial charge < -0.3 is 31.9 Å². The largest absolute Gasteiger partial charge is 0.647 e. The number of likely N-dealkylation sites (tertiary alicyclic amines) is 1. The molecule has 1 aliphatic heterocycles. The molecule has 11 nitrogen and oxygen atoms in total. The SMILES string of the molecule is O=C(c1ccc(OCCN2CCCCC2)cc1)c1c(-c2ccc(OP(=O)(Oc3ccccc3)Oc3ccccc3)cc2)sc2cc(OP(=O)(Oc3ccccc3)Oc3ccccc3)ccc12. The van der Waals surface area contributed by atoms with E-state index in [9.17, 15) is 13.9 Å². The first-order valence-electron chi connectivity index (χ1n) is 21.5. The highest BCUT2D eigenvalue weighted by Gasteiger charge is 2.35. The summed E-state index contributed by atoms with van der Waals surface area (Å²) in [5.74, 6) is 2.07. The standard InChI is InChI=1S/C52H45NO10P2S/c54-51(39-24-28-41(29-25-39)57-37-36-53-34-14-5-15-35-53)50-48-33-32-47(63-65(56,60-44-20-10-3-11-21-44)61-45-22-12-4-13-23-45)38-49(48)66-52(50)40-26-30-46(31-27-40)62-64(55,58-42-16-6-1-7-17-42)59-43-18-8-2-9-19-43/h1-4,6-13,16-33,38H,5,14-15,34-37H2. The van der Waals surface area contributed by atoms with Crippen molar-refractivity contribution in [1.82, 2.24) is 4.90 Å². The smallest absolute Gasteiger partial charge is 0.492 e. The zero-order valence-corrected chi connectivity index (χ0v) is 38.3. The topological polar surface area (TPSA) is 119 Å². The quantitative estimate of drug-likeness (QED) is 0.0569. The minimum absolute atomic E-state index is 0.201. The number of nitrogens with zero attached hydrogens (tertiary/aromatic N) is 1. The first kappa shape index (κ1) is 44.4. The maximum atomic E-state index is 14.7. The van der Waals surface area contributed by atoms with Crippen molar-refractivity contribution in [3.63, 3.8) is 0 Å². The Labute approximate surface area is 387 Å². The summed E-state index contributed by atoms with van der Waals surface area (Å²) in [5, 5.41) is 0.648. The molecule has 0 atom stereocenters. The van der Waals surface area contributed by atoms with Crippen LogP contribution in [0.5, 0.6) is 40.2 Å². The third-order valence-electron chi connectivity index (χ3n) is 10.5. The lowest BCUT2D eigenvalue weighted by molar-refractivity contribution is 0.104. The van der Waals surface area contributed by atoms with Crippen molar-refractivity contribution >= 4 is 42.9 Å². The fraction of sp³-hybridized carbons (Fsp3) is 0.135. The first-order chi connectivity index (χ1) is 32.3. The van der Waals surface area contributed by atoms with Crippen molar-refractivity contribution < 1.29 is 45.8 Å². The van der Waals surface area contributed by atoms with Crippen LogP contribution in [0.2, 0.25) is 0 Å². The van der Waals surface area contributed by atoms with E-state index in [0.29, 0.717) is 67.0 Å². The van der Waals surface area contributed by atoms with Gasteiger partial charge in [0.2, 0.25) is 0 Å². The molecule has 66 heavy (non-hydrogen) atoms. The summed E-state index contributed by atoms with van der Waals surface area (Å²) in [7, 11) is -8.59. The summed E-state index contributed by atoms with van der Waals surface area (Å²) in [6.45, 7) is 3.59. The predicted octanol–water partition coefficient (Wildman–Crippen LogP) is 14.0. The van der Waals surface area contributed by atoms with Crippen LogP contribution in [0.15, 0.2) is 188 Å². The molecule has 1 saturated heterocycles. The molecular formula is C52H45NO10P2S. The van der Waals surface area contributed by atoms with E-state index in [1.165, 1.54) is 30.6 Å². The van der Waals surface area contributed by atoms with Gasteiger partial charge in [-0.1, -0.05) is 79.2 Å². The molecule has 0 N–H and O–H groups in total. The van der Waals surface area contributed by atoms with Gasteiger partial charge in [-0.15, -0.1) is 11.3 Å². The van der Waals surface area contributed by atoms with Gasteiger partial charge in [0.1, 0.15) is 46.9 Å². The fourth-order valence-corrected chi connectivity index (χ4v) is 11.1. The van der Waals surface area contributed by atoms with Crippen molar-refractivity contribution in [2.24, 2.45) is 0 Å². The van der Waals surface area contributed by atoms with Gasteiger partial charge in [-0.3, -0.25) is 9.69 Å². The Kier molecular flexibility index (Phi) is 13.8. The summed E-state index contributed by atoms with van der Waals surface area (Å²) >= 11 is 1.35. The Bertz CT molecular complexity index is 2860. The molecule has 0 amide bonds. The van der Waals surface area contributed by atoms with Gasteiger partial charge >= 0.3 is 15.6 Å². The summed E-state index contributed by atoms with van der Waals surface area (Å²) in [6.07, 6.45) is 3.70. The number of benzene rings is 7. The molecule has 334 valence electrons. The number of phosphoric ester groups is 2. The van der Waals surface area contributed by atoms with Crippen LogP contribution in [0.25, 0.3) is 20.5 Å². The number of carbonyl (C=O) groups is 1. The van der Waals surface area contributed by atoms with E-state index in [1.54, 1.807) is 152 Å². The third kappa shape index (κ3) is 11.3. The average molecular weight is 938 g/mol. The second-order valence-electron chi connectivity index (χ2n) is 15.3.